The summed E-state index contributed by atoms with van der Waals surface area (Å²) in [6, 6.07) is 21.5. The molecule has 0 saturated heterocycles. The average molecular weight is 505 g/mol. The lowest BCUT2D eigenvalue weighted by molar-refractivity contribution is -0.121. The lowest BCUT2D eigenvalue weighted by atomic mass is 9.95. The summed E-state index contributed by atoms with van der Waals surface area (Å²) in [5.41, 5.74) is 3.97. The monoisotopic (exact) mass is 504 g/mol. The predicted molar refractivity (Wildman–Crippen MR) is 143 cm³/mol. The molecule has 1 amide bonds. The van der Waals surface area contributed by atoms with Gasteiger partial charge in [-0.1, -0.05) is 54.9 Å². The maximum absolute atomic E-state index is 12.7. The van der Waals surface area contributed by atoms with Crippen molar-refractivity contribution in [2.24, 2.45) is 5.92 Å². The minimum atomic E-state index is -0.111. The van der Waals surface area contributed by atoms with Crippen LogP contribution in [0.15, 0.2) is 66.7 Å². The van der Waals surface area contributed by atoms with Gasteiger partial charge < -0.3 is 14.0 Å². The number of carbonyl (C=O) groups excluding carboxylic acids is 1. The first kappa shape index (κ1) is 25.6. The number of amides is 1. The topological polar surface area (TPSA) is 67.5 Å². The van der Waals surface area contributed by atoms with Crippen molar-refractivity contribution in [3.8, 4) is 11.5 Å². The molecule has 187 valence electrons. The molecule has 36 heavy (non-hydrogen) atoms. The summed E-state index contributed by atoms with van der Waals surface area (Å²) in [5.74, 6) is 2.50. The number of aromatic nitrogens is 2. The molecule has 0 bridgehead atoms. The highest BCUT2D eigenvalue weighted by Crippen LogP contribution is 2.28. The minimum absolute atomic E-state index is 0.111. The number of carbonyl (C=O) groups is 1. The number of benzene rings is 3. The molecule has 0 spiro atoms. The van der Waals surface area contributed by atoms with E-state index in [1.807, 2.05) is 66.7 Å². The Morgan fingerprint density at radius 1 is 1.03 bits per heavy atom. The van der Waals surface area contributed by atoms with Gasteiger partial charge in [0.2, 0.25) is 5.91 Å². The van der Waals surface area contributed by atoms with Crippen LogP contribution in [0.4, 0.5) is 0 Å². The molecule has 0 aliphatic heterocycles. The first-order valence-corrected chi connectivity index (χ1v) is 12.4. The highest BCUT2D eigenvalue weighted by atomic mass is 35.5. The summed E-state index contributed by atoms with van der Waals surface area (Å²) in [7, 11) is 3.29. The van der Waals surface area contributed by atoms with Gasteiger partial charge in [-0.15, -0.1) is 0 Å². The van der Waals surface area contributed by atoms with Crippen LogP contribution in [0.25, 0.3) is 11.0 Å². The first-order valence-electron chi connectivity index (χ1n) is 12.1. The van der Waals surface area contributed by atoms with E-state index in [2.05, 4.69) is 16.8 Å². The molecule has 1 aromatic heterocycles. The molecular formula is C29H31ClN3O3. The zero-order valence-corrected chi connectivity index (χ0v) is 21.7. The van der Waals surface area contributed by atoms with Gasteiger partial charge in [0.1, 0.15) is 23.9 Å². The summed E-state index contributed by atoms with van der Waals surface area (Å²) in [5, 5.41) is 5.06. The van der Waals surface area contributed by atoms with Crippen LogP contribution in [0.1, 0.15) is 36.7 Å². The Kier molecular flexibility index (Phi) is 8.49. The molecule has 0 aliphatic rings. The molecule has 1 unspecified atom stereocenters. The molecule has 6 nitrogen and oxygen atoms in total. The number of hydrogen-bond donors (Lipinski definition) is 0. The van der Waals surface area contributed by atoms with Crippen molar-refractivity contribution in [1.29, 1.82) is 0 Å². The Morgan fingerprint density at radius 2 is 1.81 bits per heavy atom. The Labute approximate surface area is 217 Å². The van der Waals surface area contributed by atoms with Gasteiger partial charge in [0.05, 0.1) is 31.8 Å². The smallest absolute Gasteiger partial charge is 0.241 e. The van der Waals surface area contributed by atoms with Crippen LogP contribution in [0.2, 0.25) is 5.02 Å². The number of halogens is 1. The Morgan fingerprint density at radius 3 is 2.58 bits per heavy atom. The first-order chi connectivity index (χ1) is 17.5. The quantitative estimate of drug-likeness (QED) is 0.249. The number of methoxy groups -OCH3 is 2. The predicted octanol–water partition coefficient (Wildman–Crippen LogP) is 6.05. The molecule has 0 N–H and O–H groups in total. The molecule has 4 aromatic rings. The molecule has 1 atom stereocenters. The van der Waals surface area contributed by atoms with E-state index in [4.69, 9.17) is 26.1 Å². The van der Waals surface area contributed by atoms with E-state index in [-0.39, 0.29) is 12.5 Å². The van der Waals surface area contributed by atoms with Crippen molar-refractivity contribution in [1.82, 2.24) is 14.9 Å². The summed E-state index contributed by atoms with van der Waals surface area (Å²) < 4.78 is 12.9. The van der Waals surface area contributed by atoms with E-state index in [1.165, 1.54) is 0 Å². The molecule has 1 radical (unpaired) electrons. The zero-order chi connectivity index (χ0) is 25.5. The summed E-state index contributed by atoms with van der Waals surface area (Å²) in [6.07, 6.45) is 1.95. The normalized spacial score (nSPS) is 11.9. The standard InChI is InChI=1S/C29H31ClN3O3/c1-20(16-21-13-14-23(35-2)17-27(21)36-3)12-15-29(34)31-18-28-32-25-10-6-7-11-26(25)33(28)19-22-8-4-5-9-24(22)30/h4-11,13-14,17,20H,12,15-16,18-19H2,1-3H3. The highest BCUT2D eigenvalue weighted by Gasteiger charge is 2.16. The molecule has 4 rings (SSSR count). The lowest BCUT2D eigenvalue weighted by Crippen LogP contribution is -2.19. The molecule has 0 aliphatic carbocycles. The fourth-order valence-corrected chi connectivity index (χ4v) is 4.52. The number of ether oxygens (including phenoxy) is 2. The zero-order valence-electron chi connectivity index (χ0n) is 20.9. The van der Waals surface area contributed by atoms with Crippen molar-refractivity contribution < 1.29 is 14.3 Å². The Balaban J connectivity index is 1.37. The van der Waals surface area contributed by atoms with Gasteiger partial charge in [0.25, 0.3) is 0 Å². The van der Waals surface area contributed by atoms with Gasteiger partial charge in [-0.25, -0.2) is 10.3 Å². The number of para-hydroxylation sites is 2. The van der Waals surface area contributed by atoms with E-state index >= 15 is 0 Å². The van der Waals surface area contributed by atoms with E-state index in [0.29, 0.717) is 23.9 Å². The third kappa shape index (κ3) is 6.18. The second-order valence-electron chi connectivity index (χ2n) is 8.93. The molecular weight excluding hydrogens is 474 g/mol. The van der Waals surface area contributed by atoms with Crippen LogP contribution in [-0.2, 0) is 24.3 Å². The number of hydrogen-bond acceptors (Lipinski definition) is 4. The molecule has 1 heterocycles. The second kappa shape index (κ2) is 12.0. The van der Waals surface area contributed by atoms with Gasteiger partial charge in [-0.05, 0) is 54.2 Å². The van der Waals surface area contributed by atoms with Gasteiger partial charge >= 0.3 is 0 Å². The molecule has 3 aromatic carbocycles. The van der Waals surface area contributed by atoms with Gasteiger partial charge in [0, 0.05) is 17.5 Å². The maximum Gasteiger partial charge on any atom is 0.241 e. The average Bonchev–Trinajstić information content (AvgIpc) is 3.25. The molecule has 7 heteroatoms. The second-order valence-corrected chi connectivity index (χ2v) is 9.34. The van der Waals surface area contributed by atoms with Crippen molar-refractivity contribution >= 4 is 28.5 Å². The third-order valence-corrected chi connectivity index (χ3v) is 6.70. The number of nitrogens with zero attached hydrogens (tertiary/aromatic N) is 3. The minimum Gasteiger partial charge on any atom is -0.497 e. The van der Waals surface area contributed by atoms with Crippen molar-refractivity contribution in [3.63, 3.8) is 0 Å². The Bertz CT molecular complexity index is 1330. The van der Waals surface area contributed by atoms with E-state index in [9.17, 15) is 4.79 Å². The Hall–Kier alpha value is -3.51. The summed E-state index contributed by atoms with van der Waals surface area (Å²) >= 11 is 6.41. The van der Waals surface area contributed by atoms with Gasteiger partial charge in [-0.3, -0.25) is 4.79 Å². The van der Waals surface area contributed by atoms with Crippen LogP contribution in [-0.4, -0.2) is 29.7 Å². The molecule has 0 fully saturated rings. The number of fused-ring (bicyclic) bond motifs is 1. The van der Waals surface area contributed by atoms with Crippen LogP contribution in [0.5, 0.6) is 11.5 Å². The third-order valence-electron chi connectivity index (χ3n) is 6.33. The highest BCUT2D eigenvalue weighted by molar-refractivity contribution is 6.31. The van der Waals surface area contributed by atoms with Crippen LogP contribution in [0.3, 0.4) is 0 Å². The van der Waals surface area contributed by atoms with Crippen LogP contribution >= 0.6 is 11.6 Å². The molecule has 0 saturated carbocycles. The summed E-state index contributed by atoms with van der Waals surface area (Å²) in [6.45, 7) is 2.94. The summed E-state index contributed by atoms with van der Waals surface area (Å²) in [4.78, 5) is 17.4. The maximum atomic E-state index is 12.7. The van der Waals surface area contributed by atoms with E-state index < -0.39 is 0 Å². The van der Waals surface area contributed by atoms with Gasteiger partial charge in [0.15, 0.2) is 0 Å². The SMILES string of the molecule is COc1ccc(CC(C)CCC(=O)[N]Cc2nc3ccccc3n2Cc2ccccc2Cl)c(OC)c1. The number of rotatable bonds is 11. The fraction of sp³-hybridized carbons (Fsp3) is 0.310. The van der Waals surface area contributed by atoms with E-state index in [1.54, 1.807) is 14.2 Å². The van der Waals surface area contributed by atoms with Crippen molar-refractivity contribution in [2.45, 2.75) is 39.3 Å². The van der Waals surface area contributed by atoms with E-state index in [0.717, 1.165) is 52.3 Å². The lowest BCUT2D eigenvalue weighted by Gasteiger charge is -2.15. The van der Waals surface area contributed by atoms with Crippen molar-refractivity contribution in [3.05, 3.63) is 88.7 Å². The number of imidazole rings is 1. The van der Waals surface area contributed by atoms with Crippen LogP contribution < -0.4 is 14.8 Å². The fourth-order valence-electron chi connectivity index (χ4n) is 4.33. The van der Waals surface area contributed by atoms with Crippen LogP contribution in [0, 0.1) is 5.92 Å². The van der Waals surface area contributed by atoms with Crippen molar-refractivity contribution in [2.75, 3.05) is 14.2 Å². The van der Waals surface area contributed by atoms with Gasteiger partial charge in [-0.2, -0.15) is 0 Å². The largest absolute Gasteiger partial charge is 0.497 e.